The summed E-state index contributed by atoms with van der Waals surface area (Å²) in [6, 6.07) is 5.12. The van der Waals surface area contributed by atoms with Crippen molar-refractivity contribution in [1.82, 2.24) is 10.6 Å². The van der Waals surface area contributed by atoms with E-state index in [-0.39, 0.29) is 18.6 Å². The number of rotatable bonds is 7. The summed E-state index contributed by atoms with van der Waals surface area (Å²) in [5, 5.41) is 5.68. The molecule has 2 N–H and O–H groups in total. The molecule has 2 amide bonds. The summed E-state index contributed by atoms with van der Waals surface area (Å²) in [6.45, 7) is 4.97. The molecule has 1 aliphatic rings. The lowest BCUT2D eigenvalue weighted by atomic mass is 10.2. The Morgan fingerprint density at radius 1 is 1.13 bits per heavy atom. The molecule has 0 bridgehead atoms. The number of fused-ring (bicyclic) bond motifs is 1. The van der Waals surface area contributed by atoms with E-state index in [0.29, 0.717) is 35.7 Å². The Kier molecular flexibility index (Phi) is 6.02. The number of amides is 2. The Morgan fingerprint density at radius 3 is 2.57 bits per heavy atom. The average molecular weight is 318 g/mol. The molecule has 1 aromatic rings. The molecule has 1 aromatic carbocycles. The van der Waals surface area contributed by atoms with Gasteiger partial charge in [0.15, 0.2) is 11.5 Å². The van der Waals surface area contributed by atoms with Gasteiger partial charge >= 0.3 is 0 Å². The van der Waals surface area contributed by atoms with Gasteiger partial charge in [-0.2, -0.15) is 0 Å². The van der Waals surface area contributed by atoms with Crippen molar-refractivity contribution in [3.05, 3.63) is 35.4 Å². The number of unbranched alkanes of at least 4 members (excludes halogenated alkanes) is 1. The van der Waals surface area contributed by atoms with Gasteiger partial charge in [-0.3, -0.25) is 9.59 Å². The Hall–Kier alpha value is -2.50. The summed E-state index contributed by atoms with van der Waals surface area (Å²) < 4.78 is 10.5. The Bertz CT molecular complexity index is 611. The number of carbonyl (C=O) groups is 2. The third-order valence-electron chi connectivity index (χ3n) is 3.60. The maximum Gasteiger partial charge on any atom is 0.251 e. The van der Waals surface area contributed by atoms with Crippen molar-refractivity contribution < 1.29 is 19.1 Å². The molecule has 1 aliphatic heterocycles. The van der Waals surface area contributed by atoms with E-state index in [1.165, 1.54) is 0 Å². The molecular weight excluding hydrogens is 296 g/mol. The number of ether oxygens (including phenoxy) is 2. The molecule has 0 atom stereocenters. The number of carbonyl (C=O) groups excluding carboxylic acids is 2. The number of hydrogen-bond acceptors (Lipinski definition) is 4. The molecule has 0 aromatic heterocycles. The summed E-state index contributed by atoms with van der Waals surface area (Å²) in [4.78, 5) is 23.6. The standard InChI is InChI=1S/C17H22N2O4/c1-3-12(2)16(20)18-8-4-5-9-19-17(21)13-6-7-14-15(10-13)23-11-22-14/h3,6-7,10H,4-5,8-9,11H2,1-2H3,(H,18,20)(H,19,21)/b12-3+. The van der Waals surface area contributed by atoms with Crippen LogP contribution in [0.3, 0.4) is 0 Å². The molecule has 2 rings (SSSR count). The van der Waals surface area contributed by atoms with Gasteiger partial charge in [-0.1, -0.05) is 6.08 Å². The number of nitrogens with one attached hydrogen (secondary N) is 2. The average Bonchev–Trinajstić information content (AvgIpc) is 3.04. The van der Waals surface area contributed by atoms with Crippen LogP contribution < -0.4 is 20.1 Å². The van der Waals surface area contributed by atoms with E-state index in [9.17, 15) is 9.59 Å². The van der Waals surface area contributed by atoms with Crippen molar-refractivity contribution in [3.8, 4) is 11.5 Å². The van der Waals surface area contributed by atoms with Crippen LogP contribution in [0, 0.1) is 0 Å². The SMILES string of the molecule is C/C=C(\C)C(=O)NCCCCNC(=O)c1ccc2c(c1)OCO2. The predicted octanol–water partition coefficient (Wildman–Crippen LogP) is 2.01. The van der Waals surface area contributed by atoms with Crippen LogP contribution in [0.1, 0.15) is 37.0 Å². The van der Waals surface area contributed by atoms with E-state index in [4.69, 9.17) is 9.47 Å². The highest BCUT2D eigenvalue weighted by molar-refractivity contribution is 5.95. The van der Waals surface area contributed by atoms with E-state index >= 15 is 0 Å². The monoisotopic (exact) mass is 318 g/mol. The second-order valence-electron chi connectivity index (χ2n) is 5.26. The van der Waals surface area contributed by atoms with Crippen molar-refractivity contribution in [3.63, 3.8) is 0 Å². The lowest BCUT2D eigenvalue weighted by Gasteiger charge is -2.07. The molecule has 0 unspecified atom stereocenters. The zero-order valence-corrected chi connectivity index (χ0v) is 13.5. The molecule has 0 aliphatic carbocycles. The predicted molar refractivity (Wildman–Crippen MR) is 86.6 cm³/mol. The third kappa shape index (κ3) is 4.74. The molecule has 0 fully saturated rings. The number of benzene rings is 1. The fourth-order valence-corrected chi connectivity index (χ4v) is 2.06. The third-order valence-corrected chi connectivity index (χ3v) is 3.60. The fourth-order valence-electron chi connectivity index (χ4n) is 2.06. The molecule has 0 saturated heterocycles. The molecule has 23 heavy (non-hydrogen) atoms. The zero-order chi connectivity index (χ0) is 16.7. The van der Waals surface area contributed by atoms with Crippen LogP contribution in [0.2, 0.25) is 0 Å². The minimum absolute atomic E-state index is 0.0445. The van der Waals surface area contributed by atoms with Gasteiger partial charge in [0.05, 0.1) is 0 Å². The van der Waals surface area contributed by atoms with Crippen LogP contribution in [-0.2, 0) is 4.79 Å². The van der Waals surface area contributed by atoms with Crippen LogP contribution in [0.4, 0.5) is 0 Å². The first-order valence-corrected chi connectivity index (χ1v) is 7.71. The van der Waals surface area contributed by atoms with E-state index in [0.717, 1.165) is 12.8 Å². The summed E-state index contributed by atoms with van der Waals surface area (Å²) in [5.74, 6) is 1.07. The molecule has 1 heterocycles. The lowest BCUT2D eigenvalue weighted by Crippen LogP contribution is -2.27. The summed E-state index contributed by atoms with van der Waals surface area (Å²) in [6.07, 6.45) is 3.39. The van der Waals surface area contributed by atoms with Gasteiger partial charge in [0.2, 0.25) is 12.7 Å². The smallest absolute Gasteiger partial charge is 0.251 e. The van der Waals surface area contributed by atoms with Crippen LogP contribution in [-0.4, -0.2) is 31.7 Å². The first-order valence-electron chi connectivity index (χ1n) is 7.71. The second-order valence-corrected chi connectivity index (χ2v) is 5.26. The molecule has 0 saturated carbocycles. The van der Waals surface area contributed by atoms with Crippen LogP contribution in [0.15, 0.2) is 29.8 Å². The van der Waals surface area contributed by atoms with Crippen molar-refractivity contribution in [1.29, 1.82) is 0 Å². The molecular formula is C17H22N2O4. The highest BCUT2D eigenvalue weighted by atomic mass is 16.7. The highest BCUT2D eigenvalue weighted by Crippen LogP contribution is 2.32. The topological polar surface area (TPSA) is 76.7 Å². The van der Waals surface area contributed by atoms with E-state index in [1.807, 2.05) is 6.92 Å². The van der Waals surface area contributed by atoms with Gasteiger partial charge in [-0.15, -0.1) is 0 Å². The Morgan fingerprint density at radius 2 is 1.83 bits per heavy atom. The largest absolute Gasteiger partial charge is 0.454 e. The molecule has 0 spiro atoms. The van der Waals surface area contributed by atoms with Gasteiger partial charge in [0.1, 0.15) is 0 Å². The molecule has 6 heteroatoms. The first kappa shape index (κ1) is 16.9. The quantitative estimate of drug-likeness (QED) is 0.595. The zero-order valence-electron chi connectivity index (χ0n) is 13.5. The molecule has 124 valence electrons. The van der Waals surface area contributed by atoms with Gasteiger partial charge in [0.25, 0.3) is 5.91 Å². The normalized spacial score (nSPS) is 12.9. The van der Waals surface area contributed by atoms with E-state index < -0.39 is 0 Å². The summed E-state index contributed by atoms with van der Waals surface area (Å²) >= 11 is 0. The van der Waals surface area contributed by atoms with E-state index in [2.05, 4.69) is 10.6 Å². The number of allylic oxidation sites excluding steroid dienone is 1. The number of hydrogen-bond donors (Lipinski definition) is 2. The van der Waals surface area contributed by atoms with E-state index in [1.54, 1.807) is 31.2 Å². The van der Waals surface area contributed by atoms with Gasteiger partial charge in [-0.25, -0.2) is 0 Å². The Labute approximate surface area is 135 Å². The van der Waals surface area contributed by atoms with Crippen molar-refractivity contribution in [2.45, 2.75) is 26.7 Å². The van der Waals surface area contributed by atoms with Crippen molar-refractivity contribution in [2.75, 3.05) is 19.9 Å². The fraction of sp³-hybridized carbons (Fsp3) is 0.412. The molecule has 0 radical (unpaired) electrons. The van der Waals surface area contributed by atoms with Crippen molar-refractivity contribution >= 4 is 11.8 Å². The van der Waals surface area contributed by atoms with Crippen molar-refractivity contribution in [2.24, 2.45) is 0 Å². The minimum Gasteiger partial charge on any atom is -0.454 e. The minimum atomic E-state index is -0.142. The van der Waals surface area contributed by atoms with Crippen LogP contribution in [0.25, 0.3) is 0 Å². The Balaban J connectivity index is 1.65. The van der Waals surface area contributed by atoms with Gasteiger partial charge < -0.3 is 20.1 Å². The van der Waals surface area contributed by atoms with Crippen LogP contribution >= 0.6 is 0 Å². The van der Waals surface area contributed by atoms with Gasteiger partial charge in [-0.05, 0) is 44.9 Å². The molecule has 6 nitrogen and oxygen atoms in total. The summed E-state index contributed by atoms with van der Waals surface area (Å²) in [7, 11) is 0. The highest BCUT2D eigenvalue weighted by Gasteiger charge is 2.15. The van der Waals surface area contributed by atoms with Gasteiger partial charge in [0, 0.05) is 24.2 Å². The maximum atomic E-state index is 12.0. The maximum absolute atomic E-state index is 12.0. The first-order chi connectivity index (χ1) is 11.1. The summed E-state index contributed by atoms with van der Waals surface area (Å²) in [5.41, 5.74) is 1.26. The second kappa shape index (κ2) is 8.22. The lowest BCUT2D eigenvalue weighted by molar-refractivity contribution is -0.117. The van der Waals surface area contributed by atoms with Crippen LogP contribution in [0.5, 0.6) is 11.5 Å².